The predicted molar refractivity (Wildman–Crippen MR) is 265 cm³/mol. The van der Waals surface area contributed by atoms with Gasteiger partial charge in [-0.25, -0.2) is 0 Å². The zero-order valence-corrected chi connectivity index (χ0v) is 40.1. The first kappa shape index (κ1) is 58.3. The summed E-state index contributed by atoms with van der Waals surface area (Å²) in [6.07, 6.45) is 65.3. The van der Waals surface area contributed by atoms with Crippen LogP contribution in [0.4, 0.5) is 0 Å². The Bertz CT molecular complexity index is 1260. The highest BCUT2D eigenvalue weighted by Crippen LogP contribution is 2.15. The van der Waals surface area contributed by atoms with Crippen molar-refractivity contribution in [3.05, 3.63) is 97.2 Å². The van der Waals surface area contributed by atoms with E-state index in [9.17, 15) is 14.4 Å². The van der Waals surface area contributed by atoms with Crippen LogP contribution in [0.3, 0.4) is 0 Å². The molecule has 0 heterocycles. The van der Waals surface area contributed by atoms with Gasteiger partial charge in [0.05, 0.1) is 0 Å². The summed E-state index contributed by atoms with van der Waals surface area (Å²) in [6, 6.07) is 0. The van der Waals surface area contributed by atoms with Gasteiger partial charge in [-0.3, -0.25) is 14.4 Å². The lowest BCUT2D eigenvalue weighted by Gasteiger charge is -2.18. The second kappa shape index (κ2) is 50.0. The third-order valence-corrected chi connectivity index (χ3v) is 10.5. The lowest BCUT2D eigenvalue weighted by atomic mass is 10.0. The number of unbranched alkanes of at least 4 members (excludes halogenated alkanes) is 23. The molecular formula is C56H92O6. The highest BCUT2D eigenvalue weighted by Gasteiger charge is 2.19. The fraction of sp³-hybridized carbons (Fsp3) is 0.661. The molecule has 0 radical (unpaired) electrons. The molecule has 0 aliphatic carbocycles. The van der Waals surface area contributed by atoms with Gasteiger partial charge < -0.3 is 14.2 Å². The molecule has 0 aliphatic rings. The Balaban J connectivity index is 4.47. The molecule has 0 rings (SSSR count). The van der Waals surface area contributed by atoms with Crippen molar-refractivity contribution in [1.29, 1.82) is 0 Å². The Labute approximate surface area is 381 Å². The van der Waals surface area contributed by atoms with Crippen molar-refractivity contribution in [2.24, 2.45) is 0 Å². The van der Waals surface area contributed by atoms with Gasteiger partial charge in [-0.2, -0.15) is 0 Å². The van der Waals surface area contributed by atoms with Gasteiger partial charge in [-0.1, -0.05) is 240 Å². The average molecular weight is 861 g/mol. The highest BCUT2D eigenvalue weighted by molar-refractivity contribution is 5.71. The zero-order chi connectivity index (χ0) is 45.1. The van der Waals surface area contributed by atoms with Crippen LogP contribution in [0.5, 0.6) is 0 Å². The summed E-state index contributed by atoms with van der Waals surface area (Å²) < 4.78 is 16.7. The Hall–Kier alpha value is -3.67. The fourth-order valence-corrected chi connectivity index (χ4v) is 6.76. The molecule has 1 atom stereocenters. The third-order valence-electron chi connectivity index (χ3n) is 10.5. The van der Waals surface area contributed by atoms with Gasteiger partial charge in [0.15, 0.2) is 6.10 Å². The van der Waals surface area contributed by atoms with Crippen molar-refractivity contribution < 1.29 is 28.6 Å². The quantitative estimate of drug-likeness (QED) is 0.0263. The van der Waals surface area contributed by atoms with Gasteiger partial charge in [0.1, 0.15) is 13.2 Å². The summed E-state index contributed by atoms with van der Waals surface area (Å²) in [7, 11) is 0. The van der Waals surface area contributed by atoms with Crippen LogP contribution in [0.25, 0.3) is 0 Å². The molecule has 0 fully saturated rings. The van der Waals surface area contributed by atoms with Gasteiger partial charge in [-0.05, 0) is 57.8 Å². The van der Waals surface area contributed by atoms with E-state index >= 15 is 0 Å². The molecule has 1 unspecified atom stereocenters. The molecule has 352 valence electrons. The minimum absolute atomic E-state index is 0.0996. The lowest BCUT2D eigenvalue weighted by Crippen LogP contribution is -2.30. The SMILES string of the molecule is CC/C=C/C=C/C=C/C=C/CCCCCCCC(=O)OC(COC(=O)CCCCC/C=C/C=C/C=C/C=C/CC)COC(=O)CCCCCCCCCCCCCCCCCC. The van der Waals surface area contributed by atoms with E-state index in [1.807, 2.05) is 60.8 Å². The second-order valence-electron chi connectivity index (χ2n) is 16.5. The molecule has 0 aromatic heterocycles. The van der Waals surface area contributed by atoms with Gasteiger partial charge in [-0.15, -0.1) is 0 Å². The number of carbonyl (C=O) groups is 3. The molecule has 0 aromatic carbocycles. The number of allylic oxidation sites excluding steroid dienone is 16. The van der Waals surface area contributed by atoms with Gasteiger partial charge in [0.25, 0.3) is 0 Å². The predicted octanol–water partition coefficient (Wildman–Crippen LogP) is 16.6. The van der Waals surface area contributed by atoms with E-state index in [2.05, 4.69) is 57.2 Å². The van der Waals surface area contributed by atoms with Gasteiger partial charge in [0, 0.05) is 19.3 Å². The third kappa shape index (κ3) is 47.4. The summed E-state index contributed by atoms with van der Waals surface area (Å²) in [5.74, 6) is -0.966. The zero-order valence-electron chi connectivity index (χ0n) is 40.1. The monoisotopic (exact) mass is 861 g/mol. The van der Waals surface area contributed by atoms with Crippen molar-refractivity contribution in [1.82, 2.24) is 0 Å². The summed E-state index contributed by atoms with van der Waals surface area (Å²) in [4.78, 5) is 37.9. The Kier molecular flexibility index (Phi) is 47.0. The molecule has 0 amide bonds. The normalized spacial score (nSPS) is 12.9. The maximum atomic E-state index is 12.8. The first-order valence-electron chi connectivity index (χ1n) is 25.3. The van der Waals surface area contributed by atoms with Gasteiger partial charge >= 0.3 is 17.9 Å². The standard InChI is InChI=1S/C56H92O6/c1-4-7-10-13-16-19-22-25-27-29-31-34-37-40-43-46-49-55(58)61-52-53(51-60-54(57)48-45-42-39-36-33-30-24-21-18-15-12-9-6-3)62-56(59)50-47-44-41-38-35-32-28-26-23-20-17-14-11-8-5-2/h8-9,11-12,14-15,17-18,20-21,23-24,26,28,30,33,53H,4-7,10,13,16,19,22,25,27,29,31-32,34-52H2,1-3H3/b11-8+,12-9+,17-14+,18-15+,23-20+,24-21+,28-26+,33-30+. The van der Waals surface area contributed by atoms with E-state index in [0.717, 1.165) is 96.3 Å². The summed E-state index contributed by atoms with van der Waals surface area (Å²) in [5.41, 5.74) is 0. The molecule has 6 heteroatoms. The van der Waals surface area contributed by atoms with Crippen LogP contribution in [0, 0.1) is 0 Å². The van der Waals surface area contributed by atoms with Crippen LogP contribution in [-0.2, 0) is 28.6 Å². The molecule has 0 aromatic rings. The van der Waals surface area contributed by atoms with Crippen LogP contribution in [0.15, 0.2) is 97.2 Å². The molecule has 0 N–H and O–H groups in total. The summed E-state index contributed by atoms with van der Waals surface area (Å²) in [5, 5.41) is 0. The van der Waals surface area contributed by atoms with Crippen molar-refractivity contribution >= 4 is 17.9 Å². The maximum absolute atomic E-state index is 12.8. The lowest BCUT2D eigenvalue weighted by molar-refractivity contribution is -0.167. The van der Waals surface area contributed by atoms with Crippen molar-refractivity contribution in [3.63, 3.8) is 0 Å². The van der Waals surface area contributed by atoms with Crippen LogP contribution in [0.2, 0.25) is 0 Å². The molecule has 0 saturated heterocycles. The largest absolute Gasteiger partial charge is 0.462 e. The van der Waals surface area contributed by atoms with E-state index in [1.54, 1.807) is 0 Å². The maximum Gasteiger partial charge on any atom is 0.306 e. The van der Waals surface area contributed by atoms with E-state index in [4.69, 9.17) is 14.2 Å². The van der Waals surface area contributed by atoms with E-state index in [-0.39, 0.29) is 31.1 Å². The van der Waals surface area contributed by atoms with E-state index in [1.165, 1.54) is 83.5 Å². The summed E-state index contributed by atoms with van der Waals surface area (Å²) in [6.45, 7) is 6.30. The fourth-order valence-electron chi connectivity index (χ4n) is 6.76. The Morgan fingerprint density at radius 3 is 1.00 bits per heavy atom. The van der Waals surface area contributed by atoms with Crippen molar-refractivity contribution in [3.8, 4) is 0 Å². The van der Waals surface area contributed by atoms with Crippen LogP contribution >= 0.6 is 0 Å². The highest BCUT2D eigenvalue weighted by atomic mass is 16.6. The first-order chi connectivity index (χ1) is 30.5. The van der Waals surface area contributed by atoms with Crippen LogP contribution in [-0.4, -0.2) is 37.2 Å². The topological polar surface area (TPSA) is 78.9 Å². The smallest absolute Gasteiger partial charge is 0.306 e. The van der Waals surface area contributed by atoms with E-state index < -0.39 is 6.10 Å². The molecule has 0 bridgehead atoms. The molecule has 0 aliphatic heterocycles. The molecule has 62 heavy (non-hydrogen) atoms. The number of carbonyl (C=O) groups excluding carboxylic acids is 3. The molecule has 0 spiro atoms. The number of rotatable bonds is 44. The van der Waals surface area contributed by atoms with Crippen molar-refractivity contribution in [2.75, 3.05) is 13.2 Å². The minimum Gasteiger partial charge on any atom is -0.462 e. The number of hydrogen-bond acceptors (Lipinski definition) is 6. The second-order valence-corrected chi connectivity index (χ2v) is 16.5. The number of esters is 3. The minimum atomic E-state index is -0.805. The first-order valence-corrected chi connectivity index (χ1v) is 25.3. The van der Waals surface area contributed by atoms with Gasteiger partial charge in [0.2, 0.25) is 0 Å². The van der Waals surface area contributed by atoms with Crippen molar-refractivity contribution in [2.45, 2.75) is 226 Å². The number of hydrogen-bond donors (Lipinski definition) is 0. The van der Waals surface area contributed by atoms with Crippen LogP contribution in [0.1, 0.15) is 220 Å². The van der Waals surface area contributed by atoms with Crippen LogP contribution < -0.4 is 0 Å². The van der Waals surface area contributed by atoms with E-state index in [0.29, 0.717) is 19.3 Å². The Morgan fingerprint density at radius 1 is 0.339 bits per heavy atom. The molecule has 0 saturated carbocycles. The number of ether oxygens (including phenoxy) is 3. The average Bonchev–Trinajstić information content (AvgIpc) is 3.27. The molecular weight excluding hydrogens is 769 g/mol. The summed E-state index contributed by atoms with van der Waals surface area (Å²) >= 11 is 0. The molecule has 6 nitrogen and oxygen atoms in total. The Morgan fingerprint density at radius 2 is 0.629 bits per heavy atom.